The summed E-state index contributed by atoms with van der Waals surface area (Å²) in [5, 5.41) is 3.41. The molecule has 2 N–H and O–H groups in total. The smallest absolute Gasteiger partial charge is 0.431 e. The van der Waals surface area contributed by atoms with E-state index in [1.54, 1.807) is 0 Å². The first-order valence-electron chi connectivity index (χ1n) is 15.7. The molecule has 0 bridgehead atoms. The highest BCUT2D eigenvalue weighted by atomic mass is 33.1. The molecule has 0 aromatic carbocycles. The summed E-state index contributed by atoms with van der Waals surface area (Å²) in [6.45, 7) is 6.56. The quantitative estimate of drug-likeness (QED) is 0.0909. The second-order valence-electron chi connectivity index (χ2n) is 13.9. The van der Waals surface area contributed by atoms with Crippen LogP contribution in [0.15, 0.2) is 11.1 Å². The van der Waals surface area contributed by atoms with Crippen molar-refractivity contribution in [1.29, 1.82) is 0 Å². The summed E-state index contributed by atoms with van der Waals surface area (Å²) in [6, 6.07) is 0. The lowest BCUT2D eigenvalue weighted by Gasteiger charge is -2.53. The van der Waals surface area contributed by atoms with E-state index in [1.807, 2.05) is 21.6 Å². The van der Waals surface area contributed by atoms with Crippen molar-refractivity contribution in [3.63, 3.8) is 0 Å². The largest absolute Gasteiger partial charge is 0.458 e. The Morgan fingerprint density at radius 3 is 2.81 bits per heavy atom. The van der Waals surface area contributed by atoms with Gasteiger partial charge in [-0.25, -0.2) is 14.4 Å². The predicted molar refractivity (Wildman–Crippen MR) is 156 cm³/mol. The first-order valence-corrected chi connectivity index (χ1v) is 18.1. The molecular weight excluding hydrogens is 596 g/mol. The molecule has 2 unspecified atom stereocenters. The SMILES string of the molecule is CC(C)[C@]12O[C@H]1[C@@H]1O[C@@]13[C@@]1(C)CCC4=C(COC4=O)[C@@H]1C[C@@H]1O[C@@]13C2OC(=O)NOCNC(=O)CCCCC1CCSS1. The topological polar surface area (TPSA) is 141 Å². The van der Waals surface area contributed by atoms with Crippen LogP contribution in [0, 0.1) is 17.3 Å². The number of hydroxylamine groups is 1. The second kappa shape index (κ2) is 9.99. The Labute approximate surface area is 258 Å². The van der Waals surface area contributed by atoms with Gasteiger partial charge in [-0.15, -0.1) is 0 Å². The molecule has 0 radical (unpaired) electrons. The number of rotatable bonds is 10. The van der Waals surface area contributed by atoms with E-state index in [1.165, 1.54) is 12.2 Å². The molecule has 43 heavy (non-hydrogen) atoms. The number of hydrogen-bond donors (Lipinski definition) is 2. The number of amides is 2. The van der Waals surface area contributed by atoms with E-state index in [0.717, 1.165) is 36.8 Å². The van der Waals surface area contributed by atoms with Gasteiger partial charge in [0.05, 0.1) is 6.10 Å². The molecule has 8 aliphatic rings. The maximum atomic E-state index is 13.1. The third kappa shape index (κ3) is 3.93. The van der Waals surface area contributed by atoms with Crippen LogP contribution in [0.2, 0.25) is 0 Å². The van der Waals surface area contributed by atoms with Crippen molar-refractivity contribution in [2.45, 2.75) is 119 Å². The van der Waals surface area contributed by atoms with E-state index in [9.17, 15) is 14.4 Å². The zero-order chi connectivity index (χ0) is 29.8. The molecule has 2 spiro atoms. The van der Waals surface area contributed by atoms with Gasteiger partial charge in [0.25, 0.3) is 0 Å². The monoisotopic (exact) mass is 636 g/mol. The highest BCUT2D eigenvalue weighted by molar-refractivity contribution is 8.77. The first kappa shape index (κ1) is 28.9. The maximum Gasteiger partial charge on any atom is 0.431 e. The fourth-order valence-corrected chi connectivity index (χ4v) is 12.5. The summed E-state index contributed by atoms with van der Waals surface area (Å²) in [5.74, 6) is 1.06. The number of epoxide rings is 3. The normalized spacial score (nSPS) is 46.0. The summed E-state index contributed by atoms with van der Waals surface area (Å²) < 4.78 is 31.4. The van der Waals surface area contributed by atoms with E-state index >= 15 is 0 Å². The van der Waals surface area contributed by atoms with Gasteiger partial charge in [-0.3, -0.25) is 4.79 Å². The minimum atomic E-state index is -0.830. The van der Waals surface area contributed by atoms with E-state index in [4.69, 9.17) is 28.5 Å². The third-order valence-electron chi connectivity index (χ3n) is 11.7. The van der Waals surface area contributed by atoms with Crippen molar-refractivity contribution in [1.82, 2.24) is 10.8 Å². The number of carbonyl (C=O) groups excluding carboxylic acids is 3. The van der Waals surface area contributed by atoms with Crippen molar-refractivity contribution < 1.29 is 42.9 Å². The number of cyclic esters (lactones) is 1. The maximum absolute atomic E-state index is 13.1. The van der Waals surface area contributed by atoms with Gasteiger partial charge in [0.1, 0.15) is 36.7 Å². The third-order valence-corrected chi connectivity index (χ3v) is 14.7. The molecule has 6 fully saturated rings. The molecular formula is C30H40N2O9S2. The standard InChI is InChI=1S/C30H40N2O9S2/c1-15(2)28-22(40-28)23-30(41-23)27(3)10-8-17-18(13-36-24(17)34)19(27)12-20-29(30,39-20)25(28)38-26(35)32-37-14-31-21(33)7-5-4-6-16-9-11-42-43-16/h15-16,19-20,22-23,25H,4-14H2,1-3H3,(H,31,33)(H,32,35)/t16?,19-,20-,22-,23-,25?,27-,28-,29+,30+/m0/s1. The zero-order valence-corrected chi connectivity index (χ0v) is 26.4. The van der Waals surface area contributed by atoms with Crippen molar-refractivity contribution in [2.24, 2.45) is 17.3 Å². The lowest BCUT2D eigenvalue weighted by Crippen LogP contribution is -2.70. The number of esters is 1. The minimum Gasteiger partial charge on any atom is -0.458 e. The Bertz CT molecular complexity index is 1270. The molecule has 5 aliphatic heterocycles. The fraction of sp³-hybridized carbons (Fsp3) is 0.833. The van der Waals surface area contributed by atoms with Crippen LogP contribution in [0.1, 0.15) is 72.1 Å². The Balaban J connectivity index is 0.913. The van der Waals surface area contributed by atoms with Crippen molar-refractivity contribution >= 4 is 39.6 Å². The van der Waals surface area contributed by atoms with Crippen LogP contribution in [-0.2, 0) is 38.1 Å². The van der Waals surface area contributed by atoms with Crippen LogP contribution < -0.4 is 10.8 Å². The lowest BCUT2D eigenvalue weighted by atomic mass is 9.46. The Morgan fingerprint density at radius 1 is 1.16 bits per heavy atom. The van der Waals surface area contributed by atoms with E-state index in [-0.39, 0.29) is 54.2 Å². The highest BCUT2D eigenvalue weighted by Crippen LogP contribution is 2.83. The summed E-state index contributed by atoms with van der Waals surface area (Å²) in [4.78, 5) is 43.0. The van der Waals surface area contributed by atoms with Gasteiger partial charge >= 0.3 is 12.1 Å². The fourth-order valence-electron chi connectivity index (χ4n) is 9.50. The van der Waals surface area contributed by atoms with Crippen molar-refractivity contribution in [2.75, 3.05) is 19.1 Å². The van der Waals surface area contributed by atoms with Crippen molar-refractivity contribution in [3.8, 4) is 0 Å². The van der Waals surface area contributed by atoms with Crippen molar-refractivity contribution in [3.05, 3.63) is 11.1 Å². The average molecular weight is 637 g/mol. The molecule has 8 rings (SSSR count). The second-order valence-corrected chi connectivity index (χ2v) is 16.6. The van der Waals surface area contributed by atoms with E-state index in [0.29, 0.717) is 31.1 Å². The molecule has 10 atom stereocenters. The van der Waals surface area contributed by atoms with Gasteiger partial charge < -0.3 is 29.0 Å². The van der Waals surface area contributed by atoms with Crippen LogP contribution in [0.5, 0.6) is 0 Å². The van der Waals surface area contributed by atoms with E-state index < -0.39 is 29.0 Å². The summed E-state index contributed by atoms with van der Waals surface area (Å²) in [7, 11) is 3.89. The molecule has 3 aliphatic carbocycles. The Kier molecular flexibility index (Phi) is 6.72. The van der Waals surface area contributed by atoms with Gasteiger partial charge in [-0.2, -0.15) is 5.48 Å². The van der Waals surface area contributed by atoms with Crippen LogP contribution >= 0.6 is 21.6 Å². The summed E-state index contributed by atoms with van der Waals surface area (Å²) in [6.07, 6.45) is 4.80. The summed E-state index contributed by atoms with van der Waals surface area (Å²) in [5.41, 5.74) is 1.71. The van der Waals surface area contributed by atoms with Crippen LogP contribution in [-0.4, -0.2) is 83.5 Å². The van der Waals surface area contributed by atoms with Gasteiger partial charge in [-0.1, -0.05) is 48.8 Å². The Morgan fingerprint density at radius 2 is 2.02 bits per heavy atom. The zero-order valence-electron chi connectivity index (χ0n) is 24.8. The van der Waals surface area contributed by atoms with Gasteiger partial charge in [0.2, 0.25) is 5.91 Å². The number of hydrogen-bond acceptors (Lipinski definition) is 11. The number of ether oxygens (including phenoxy) is 5. The molecule has 5 heterocycles. The molecule has 2 amide bonds. The van der Waals surface area contributed by atoms with Crippen LogP contribution in [0.25, 0.3) is 0 Å². The molecule has 13 heteroatoms. The minimum absolute atomic E-state index is 0.0509. The molecule has 236 valence electrons. The first-order chi connectivity index (χ1) is 20.7. The molecule has 11 nitrogen and oxygen atoms in total. The molecule has 0 aromatic rings. The highest BCUT2D eigenvalue weighted by Gasteiger charge is 3.01. The lowest BCUT2D eigenvalue weighted by molar-refractivity contribution is -0.136. The van der Waals surface area contributed by atoms with Gasteiger partial charge in [0.15, 0.2) is 11.7 Å². The molecule has 4 saturated heterocycles. The van der Waals surface area contributed by atoms with Crippen LogP contribution in [0.3, 0.4) is 0 Å². The van der Waals surface area contributed by atoms with Gasteiger partial charge in [-0.05, 0) is 55.9 Å². The molecule has 0 aromatic heterocycles. The number of unbranched alkanes of at least 4 members (excludes halogenated alkanes) is 1. The Hall–Kier alpha value is -1.51. The number of carbonyl (C=O) groups is 3. The molecule has 2 saturated carbocycles. The van der Waals surface area contributed by atoms with Crippen LogP contribution in [0.4, 0.5) is 4.79 Å². The number of nitrogens with one attached hydrogen (secondary N) is 2. The van der Waals surface area contributed by atoms with Gasteiger partial charge in [0, 0.05) is 28.4 Å². The predicted octanol–water partition coefficient (Wildman–Crippen LogP) is 3.56. The summed E-state index contributed by atoms with van der Waals surface area (Å²) >= 11 is 0. The number of fused-ring (bicyclic) bond motifs is 4. The van der Waals surface area contributed by atoms with E-state index in [2.05, 4.69) is 31.6 Å². The average Bonchev–Trinajstić information content (AvgIpc) is 3.92.